The van der Waals surface area contributed by atoms with Gasteiger partial charge in [0.2, 0.25) is 11.8 Å². The molecular formula is C13H20N2O4S. The maximum Gasteiger partial charge on any atom is 0.311 e. The van der Waals surface area contributed by atoms with E-state index in [-0.39, 0.29) is 30.8 Å². The molecule has 0 aromatic carbocycles. The van der Waals surface area contributed by atoms with Crippen LogP contribution in [0.5, 0.6) is 0 Å². The van der Waals surface area contributed by atoms with Gasteiger partial charge in [0.15, 0.2) is 0 Å². The first-order valence-corrected chi connectivity index (χ1v) is 7.89. The number of amides is 2. The number of hydrogen-bond donors (Lipinski definition) is 1. The molecule has 0 spiro atoms. The Bertz CT molecular complexity index is 440. The number of carbonyl (C=O) groups is 3. The van der Waals surface area contributed by atoms with Gasteiger partial charge in [-0.25, -0.2) is 0 Å². The van der Waals surface area contributed by atoms with Crippen LogP contribution in [0.2, 0.25) is 0 Å². The lowest BCUT2D eigenvalue weighted by Gasteiger charge is -2.29. The van der Waals surface area contributed by atoms with Gasteiger partial charge in [0.25, 0.3) is 0 Å². The largest absolute Gasteiger partial charge is 0.481 e. The first-order chi connectivity index (χ1) is 9.36. The van der Waals surface area contributed by atoms with Crippen LogP contribution in [0.1, 0.15) is 20.3 Å². The van der Waals surface area contributed by atoms with Crippen LogP contribution in [-0.2, 0) is 14.4 Å². The molecule has 1 N–H and O–H groups in total. The molecule has 1 unspecified atom stereocenters. The Morgan fingerprint density at radius 2 is 2.15 bits per heavy atom. The van der Waals surface area contributed by atoms with Gasteiger partial charge in [-0.15, -0.1) is 11.8 Å². The molecule has 0 saturated carbocycles. The quantitative estimate of drug-likeness (QED) is 0.817. The second kappa shape index (κ2) is 5.63. The van der Waals surface area contributed by atoms with E-state index >= 15 is 0 Å². The molecule has 1 atom stereocenters. The summed E-state index contributed by atoms with van der Waals surface area (Å²) < 4.78 is 0. The van der Waals surface area contributed by atoms with Crippen LogP contribution in [-0.4, -0.2) is 64.0 Å². The van der Waals surface area contributed by atoms with Crippen molar-refractivity contribution in [2.75, 3.05) is 31.3 Å². The van der Waals surface area contributed by atoms with Crippen LogP contribution in [0.3, 0.4) is 0 Å². The van der Waals surface area contributed by atoms with Gasteiger partial charge in [0, 0.05) is 13.1 Å². The van der Waals surface area contributed by atoms with E-state index in [0.29, 0.717) is 24.6 Å². The van der Waals surface area contributed by atoms with Crippen molar-refractivity contribution in [3.8, 4) is 0 Å². The van der Waals surface area contributed by atoms with Gasteiger partial charge in [0.1, 0.15) is 6.54 Å². The molecule has 2 aliphatic heterocycles. The molecule has 0 bridgehead atoms. The Morgan fingerprint density at radius 3 is 2.60 bits per heavy atom. The molecule has 6 nitrogen and oxygen atoms in total. The molecule has 0 aromatic rings. The summed E-state index contributed by atoms with van der Waals surface area (Å²) in [5.74, 6) is -0.0525. The maximum absolute atomic E-state index is 12.2. The third kappa shape index (κ3) is 2.63. The lowest BCUT2D eigenvalue weighted by Crippen LogP contribution is -2.44. The number of carboxylic acids is 1. The molecule has 2 rings (SSSR count). The molecule has 2 heterocycles. The summed E-state index contributed by atoms with van der Waals surface area (Å²) in [5, 5.41) is 9.45. The normalized spacial score (nSPS) is 26.6. The average Bonchev–Trinajstić information content (AvgIpc) is 2.97. The number of nitrogens with zero attached hydrogens (tertiary/aromatic N) is 2. The molecule has 2 amide bonds. The van der Waals surface area contributed by atoms with Gasteiger partial charge >= 0.3 is 5.97 Å². The molecule has 2 saturated heterocycles. The van der Waals surface area contributed by atoms with E-state index in [0.717, 1.165) is 0 Å². The molecule has 2 fully saturated rings. The topological polar surface area (TPSA) is 77.9 Å². The Morgan fingerprint density at radius 1 is 1.45 bits per heavy atom. The van der Waals surface area contributed by atoms with Crippen molar-refractivity contribution in [1.29, 1.82) is 0 Å². The van der Waals surface area contributed by atoms with Crippen LogP contribution in [0.4, 0.5) is 0 Å². The summed E-state index contributed by atoms with van der Waals surface area (Å²) in [6, 6.07) is 0. The van der Waals surface area contributed by atoms with Crippen molar-refractivity contribution in [3.63, 3.8) is 0 Å². The van der Waals surface area contributed by atoms with E-state index < -0.39 is 11.4 Å². The van der Waals surface area contributed by atoms with E-state index in [1.807, 2.05) is 13.8 Å². The van der Waals surface area contributed by atoms with E-state index in [4.69, 9.17) is 0 Å². The van der Waals surface area contributed by atoms with E-state index in [9.17, 15) is 19.5 Å². The average molecular weight is 300 g/mol. The maximum atomic E-state index is 12.2. The Kier molecular flexibility index (Phi) is 4.27. The minimum absolute atomic E-state index is 0.0177. The zero-order valence-electron chi connectivity index (χ0n) is 11.8. The summed E-state index contributed by atoms with van der Waals surface area (Å²) in [6.45, 7) is 4.53. The molecule has 0 aromatic heterocycles. The molecule has 7 heteroatoms. The van der Waals surface area contributed by atoms with Crippen LogP contribution < -0.4 is 0 Å². The van der Waals surface area contributed by atoms with Crippen LogP contribution in [0, 0.1) is 11.3 Å². The van der Waals surface area contributed by atoms with Gasteiger partial charge in [-0.2, -0.15) is 0 Å². The van der Waals surface area contributed by atoms with Crippen LogP contribution >= 0.6 is 11.8 Å². The van der Waals surface area contributed by atoms with Crippen molar-refractivity contribution < 1.29 is 19.5 Å². The van der Waals surface area contributed by atoms with Crippen LogP contribution in [0.15, 0.2) is 0 Å². The Balaban J connectivity index is 1.99. The minimum Gasteiger partial charge on any atom is -0.481 e. The number of carboxylic acid groups (broad SMARTS) is 1. The van der Waals surface area contributed by atoms with Crippen LogP contribution in [0.25, 0.3) is 0 Å². The summed E-state index contributed by atoms with van der Waals surface area (Å²) >= 11 is 1.50. The van der Waals surface area contributed by atoms with Gasteiger partial charge in [0.05, 0.1) is 17.0 Å². The third-order valence-corrected chi connectivity index (χ3v) is 5.28. The van der Waals surface area contributed by atoms with Crippen molar-refractivity contribution in [2.24, 2.45) is 11.3 Å². The number of carbonyl (C=O) groups excluding carboxylic acids is 2. The summed E-state index contributed by atoms with van der Waals surface area (Å²) in [4.78, 5) is 38.4. The lowest BCUT2D eigenvalue weighted by atomic mass is 9.76. The van der Waals surface area contributed by atoms with Gasteiger partial charge < -0.3 is 14.9 Å². The summed E-state index contributed by atoms with van der Waals surface area (Å²) in [6.07, 6.45) is 0.481. The first kappa shape index (κ1) is 15.2. The van der Waals surface area contributed by atoms with Crippen molar-refractivity contribution in [1.82, 2.24) is 9.80 Å². The monoisotopic (exact) mass is 300 g/mol. The molecular weight excluding hydrogens is 280 g/mol. The van der Waals surface area contributed by atoms with Gasteiger partial charge in [-0.1, -0.05) is 13.8 Å². The standard InChI is InChI=1S/C13H20N2O4S/c1-9(2)13(12(18)19)3-4-14(7-13)10(16)5-15-8-20-6-11(15)17/h9H,3-8H2,1-2H3,(H,18,19). The second-order valence-corrected chi connectivity index (χ2v) is 6.71. The predicted octanol–water partition coefficient (Wildman–Crippen LogP) is 0.479. The molecule has 0 radical (unpaired) electrons. The summed E-state index contributed by atoms with van der Waals surface area (Å²) in [7, 11) is 0. The zero-order chi connectivity index (χ0) is 14.9. The molecule has 2 aliphatic rings. The Hall–Kier alpha value is -1.24. The van der Waals surface area contributed by atoms with E-state index in [1.54, 1.807) is 4.90 Å². The first-order valence-electron chi connectivity index (χ1n) is 6.73. The molecule has 0 aliphatic carbocycles. The van der Waals surface area contributed by atoms with Crippen molar-refractivity contribution >= 4 is 29.5 Å². The third-order valence-electron chi connectivity index (χ3n) is 4.34. The highest BCUT2D eigenvalue weighted by Crippen LogP contribution is 2.38. The van der Waals surface area contributed by atoms with E-state index in [2.05, 4.69) is 0 Å². The SMILES string of the molecule is CC(C)C1(C(=O)O)CCN(C(=O)CN2CSCC2=O)C1. The highest BCUT2D eigenvalue weighted by Gasteiger charge is 2.48. The fourth-order valence-corrected chi connectivity index (χ4v) is 3.65. The smallest absolute Gasteiger partial charge is 0.311 e. The number of aliphatic carboxylic acids is 1. The fraction of sp³-hybridized carbons (Fsp3) is 0.769. The predicted molar refractivity (Wildman–Crippen MR) is 75.1 cm³/mol. The highest BCUT2D eigenvalue weighted by atomic mass is 32.2. The number of rotatable bonds is 4. The fourth-order valence-electron chi connectivity index (χ4n) is 2.74. The zero-order valence-corrected chi connectivity index (χ0v) is 12.6. The number of hydrogen-bond acceptors (Lipinski definition) is 4. The van der Waals surface area contributed by atoms with Crippen molar-refractivity contribution in [2.45, 2.75) is 20.3 Å². The lowest BCUT2D eigenvalue weighted by molar-refractivity contribution is -0.151. The minimum atomic E-state index is -0.848. The number of thioether (sulfide) groups is 1. The second-order valence-electron chi connectivity index (χ2n) is 5.75. The molecule has 20 heavy (non-hydrogen) atoms. The van der Waals surface area contributed by atoms with Gasteiger partial charge in [-0.3, -0.25) is 14.4 Å². The highest BCUT2D eigenvalue weighted by molar-refractivity contribution is 8.00. The summed E-state index contributed by atoms with van der Waals surface area (Å²) in [5.41, 5.74) is -0.848. The van der Waals surface area contributed by atoms with Gasteiger partial charge in [-0.05, 0) is 12.3 Å². The molecule has 112 valence electrons. The number of likely N-dealkylation sites (tertiary alicyclic amines) is 1. The van der Waals surface area contributed by atoms with Crippen molar-refractivity contribution in [3.05, 3.63) is 0 Å². The van der Waals surface area contributed by atoms with E-state index in [1.165, 1.54) is 16.7 Å². The Labute approximate surface area is 122 Å².